The molecule has 7 nitrogen and oxygen atoms in total. The number of thioether (sulfide) groups is 1. The molecule has 2 aromatic heterocycles. The number of nitriles is 1. The highest BCUT2D eigenvalue weighted by Gasteiger charge is 2.32. The number of fused-ring (bicyclic) bond motifs is 1. The van der Waals surface area contributed by atoms with Crippen molar-refractivity contribution in [2.45, 2.75) is 51.8 Å². The van der Waals surface area contributed by atoms with Crippen molar-refractivity contribution >= 4 is 57.2 Å². The van der Waals surface area contributed by atoms with Crippen LogP contribution in [0.5, 0.6) is 5.75 Å². The van der Waals surface area contributed by atoms with Crippen LogP contribution in [0.25, 0.3) is 0 Å². The Hall–Kier alpha value is -2.25. The van der Waals surface area contributed by atoms with E-state index in [0.717, 1.165) is 24.8 Å². The fourth-order valence-electron chi connectivity index (χ4n) is 4.16. The smallest absolute Gasteiger partial charge is 0.235 e. The molecule has 1 aliphatic carbocycles. The van der Waals surface area contributed by atoms with Crippen LogP contribution in [0.15, 0.2) is 23.4 Å². The molecule has 0 aliphatic heterocycles. The summed E-state index contributed by atoms with van der Waals surface area (Å²) in [6.45, 7) is 6.95. The Labute approximate surface area is 229 Å². The van der Waals surface area contributed by atoms with Gasteiger partial charge in [0.25, 0.3) is 0 Å². The minimum Gasteiger partial charge on any atom is -0.484 e. The first-order valence-corrected chi connectivity index (χ1v) is 14.1. The molecule has 1 aliphatic rings. The van der Waals surface area contributed by atoms with E-state index in [1.165, 1.54) is 28.0 Å². The summed E-state index contributed by atoms with van der Waals surface area (Å²) >= 11 is 14.9. The van der Waals surface area contributed by atoms with Gasteiger partial charge in [-0.05, 0) is 54.4 Å². The zero-order valence-corrected chi connectivity index (χ0v) is 23.7. The van der Waals surface area contributed by atoms with Crippen LogP contribution in [-0.4, -0.2) is 26.4 Å². The van der Waals surface area contributed by atoms with Gasteiger partial charge in [-0.1, -0.05) is 55.7 Å². The van der Waals surface area contributed by atoms with E-state index in [1.54, 1.807) is 22.8 Å². The molecular formula is C25H27Cl2N5O2S2. The van der Waals surface area contributed by atoms with Crippen LogP contribution in [0.2, 0.25) is 10.0 Å². The second kappa shape index (κ2) is 11.0. The molecule has 0 fully saturated rings. The van der Waals surface area contributed by atoms with Crippen LogP contribution >= 0.6 is 46.3 Å². The molecule has 0 spiro atoms. The van der Waals surface area contributed by atoms with Gasteiger partial charge in [-0.15, -0.1) is 21.5 Å². The number of amides is 1. The predicted octanol–water partition coefficient (Wildman–Crippen LogP) is 6.52. The SMILES string of the molecule is Cn1c(COc2ccc(Cl)cc2Cl)nnc1SCC(=O)Nc1sc2c(c1C#N)CCC(C(C)(C)C)C2. The number of rotatable bonds is 7. The Kier molecular flexibility index (Phi) is 8.20. The van der Waals surface area contributed by atoms with E-state index in [4.69, 9.17) is 27.9 Å². The van der Waals surface area contributed by atoms with Gasteiger partial charge in [-0.2, -0.15) is 5.26 Å². The van der Waals surface area contributed by atoms with Gasteiger partial charge in [0.1, 0.15) is 23.4 Å². The minimum absolute atomic E-state index is 0.147. The van der Waals surface area contributed by atoms with Gasteiger partial charge >= 0.3 is 0 Å². The van der Waals surface area contributed by atoms with Crippen molar-refractivity contribution in [3.63, 3.8) is 0 Å². The standard InChI is InChI=1S/C25H27Cl2N5O2S2/c1-25(2,3)14-5-7-16-17(11-28)23(36-20(16)9-14)29-22(33)13-35-24-31-30-21(32(24)4)12-34-19-8-6-15(26)10-18(19)27/h6,8,10,14H,5,7,9,12-13H2,1-4H3,(H,29,33). The molecule has 2 heterocycles. The van der Waals surface area contributed by atoms with Crippen LogP contribution in [0.3, 0.4) is 0 Å². The highest BCUT2D eigenvalue weighted by atomic mass is 35.5. The lowest BCUT2D eigenvalue weighted by molar-refractivity contribution is -0.113. The number of anilines is 1. The zero-order chi connectivity index (χ0) is 26.0. The third kappa shape index (κ3) is 6.00. The topological polar surface area (TPSA) is 92.8 Å². The second-order valence-corrected chi connectivity index (χ2v) is 12.7. The average Bonchev–Trinajstić information content (AvgIpc) is 3.34. The summed E-state index contributed by atoms with van der Waals surface area (Å²) in [5, 5.41) is 23.2. The summed E-state index contributed by atoms with van der Waals surface area (Å²) in [5.41, 5.74) is 1.93. The molecule has 36 heavy (non-hydrogen) atoms. The summed E-state index contributed by atoms with van der Waals surface area (Å²) < 4.78 is 7.52. The number of benzene rings is 1. The summed E-state index contributed by atoms with van der Waals surface area (Å²) in [5.74, 6) is 1.62. The molecule has 0 radical (unpaired) electrons. The molecule has 1 atom stereocenters. The van der Waals surface area contributed by atoms with Gasteiger partial charge in [-0.25, -0.2) is 0 Å². The summed E-state index contributed by atoms with van der Waals surface area (Å²) in [7, 11) is 1.81. The normalized spacial score (nSPS) is 15.3. The molecule has 0 bridgehead atoms. The maximum atomic E-state index is 12.7. The number of nitrogens with one attached hydrogen (secondary N) is 1. The summed E-state index contributed by atoms with van der Waals surface area (Å²) in [6.07, 6.45) is 2.90. The lowest BCUT2D eigenvalue weighted by atomic mass is 9.72. The number of carbonyl (C=O) groups is 1. The van der Waals surface area contributed by atoms with Crippen LogP contribution in [0, 0.1) is 22.7 Å². The Morgan fingerprint density at radius 1 is 1.36 bits per heavy atom. The molecule has 1 N–H and O–H groups in total. The molecule has 1 aromatic carbocycles. The minimum atomic E-state index is -0.184. The van der Waals surface area contributed by atoms with E-state index >= 15 is 0 Å². The predicted molar refractivity (Wildman–Crippen MR) is 145 cm³/mol. The Morgan fingerprint density at radius 2 is 2.14 bits per heavy atom. The van der Waals surface area contributed by atoms with E-state index in [2.05, 4.69) is 42.4 Å². The monoisotopic (exact) mass is 563 g/mol. The maximum absolute atomic E-state index is 12.7. The van der Waals surface area contributed by atoms with Crippen molar-refractivity contribution in [1.82, 2.24) is 14.8 Å². The third-order valence-electron chi connectivity index (χ3n) is 6.36. The highest BCUT2D eigenvalue weighted by molar-refractivity contribution is 7.99. The zero-order valence-electron chi connectivity index (χ0n) is 20.5. The van der Waals surface area contributed by atoms with Gasteiger partial charge in [0.05, 0.1) is 16.3 Å². The van der Waals surface area contributed by atoms with Crippen LogP contribution in [0.4, 0.5) is 5.00 Å². The van der Waals surface area contributed by atoms with Crippen molar-refractivity contribution in [3.8, 4) is 11.8 Å². The van der Waals surface area contributed by atoms with Crippen molar-refractivity contribution < 1.29 is 9.53 Å². The van der Waals surface area contributed by atoms with Crippen LogP contribution in [-0.2, 0) is 31.3 Å². The number of aromatic nitrogens is 3. The molecular weight excluding hydrogens is 537 g/mol. The largest absolute Gasteiger partial charge is 0.484 e. The molecule has 1 unspecified atom stereocenters. The van der Waals surface area contributed by atoms with Crippen molar-refractivity contribution in [2.75, 3.05) is 11.1 Å². The highest BCUT2D eigenvalue weighted by Crippen LogP contribution is 2.44. The number of hydrogen-bond donors (Lipinski definition) is 1. The average molecular weight is 565 g/mol. The Morgan fingerprint density at radius 3 is 2.83 bits per heavy atom. The molecule has 190 valence electrons. The van der Waals surface area contributed by atoms with E-state index < -0.39 is 0 Å². The molecule has 0 saturated carbocycles. The Bertz CT molecular complexity index is 1320. The number of nitrogens with zero attached hydrogens (tertiary/aromatic N) is 4. The summed E-state index contributed by atoms with van der Waals surface area (Å²) in [6, 6.07) is 7.32. The molecule has 1 amide bonds. The van der Waals surface area contributed by atoms with Gasteiger partial charge in [0.2, 0.25) is 5.91 Å². The van der Waals surface area contributed by atoms with Gasteiger partial charge in [0.15, 0.2) is 11.0 Å². The first-order chi connectivity index (χ1) is 17.1. The van der Waals surface area contributed by atoms with Crippen molar-refractivity contribution in [1.29, 1.82) is 5.26 Å². The maximum Gasteiger partial charge on any atom is 0.235 e. The molecule has 0 saturated heterocycles. The number of halogens is 2. The van der Waals surface area contributed by atoms with Gasteiger partial charge in [-0.3, -0.25) is 4.79 Å². The van der Waals surface area contributed by atoms with Crippen LogP contribution in [0.1, 0.15) is 49.0 Å². The van der Waals surface area contributed by atoms with Crippen molar-refractivity contribution in [3.05, 3.63) is 50.1 Å². The first kappa shape index (κ1) is 26.8. The lowest BCUT2D eigenvalue weighted by Gasteiger charge is -2.33. The van der Waals surface area contributed by atoms with Gasteiger partial charge < -0.3 is 14.6 Å². The van der Waals surface area contributed by atoms with E-state index in [9.17, 15) is 10.1 Å². The number of carbonyl (C=O) groups excluding carboxylic acids is 1. The Balaban J connectivity index is 1.36. The van der Waals surface area contributed by atoms with Crippen LogP contribution < -0.4 is 10.1 Å². The van der Waals surface area contributed by atoms with E-state index in [1.807, 2.05) is 7.05 Å². The fourth-order valence-corrected chi connectivity index (χ4v) is 6.64. The first-order valence-electron chi connectivity index (χ1n) is 11.5. The lowest BCUT2D eigenvalue weighted by Crippen LogP contribution is -2.26. The molecule has 3 aromatic rings. The summed E-state index contributed by atoms with van der Waals surface area (Å²) in [4.78, 5) is 14.0. The fraction of sp³-hybridized carbons (Fsp3) is 0.440. The second-order valence-electron chi connectivity index (χ2n) is 9.78. The van der Waals surface area contributed by atoms with Gasteiger partial charge in [0, 0.05) is 16.9 Å². The molecule has 11 heteroatoms. The number of ether oxygens (including phenoxy) is 1. The third-order valence-corrected chi connectivity index (χ3v) is 9.08. The van der Waals surface area contributed by atoms with Crippen molar-refractivity contribution in [2.24, 2.45) is 18.4 Å². The number of thiophene rings is 1. The van der Waals surface area contributed by atoms with E-state index in [-0.39, 0.29) is 23.7 Å². The quantitative estimate of drug-likeness (QED) is 0.329. The molecule has 4 rings (SSSR count). The number of hydrogen-bond acceptors (Lipinski definition) is 7. The van der Waals surface area contributed by atoms with E-state index in [0.29, 0.717) is 43.3 Å².